The summed E-state index contributed by atoms with van der Waals surface area (Å²) in [6.45, 7) is 0. The van der Waals surface area contributed by atoms with E-state index in [1.54, 1.807) is 0 Å². The van der Waals surface area contributed by atoms with Gasteiger partial charge in [-0.2, -0.15) is 0 Å². The van der Waals surface area contributed by atoms with Gasteiger partial charge in [0.15, 0.2) is 0 Å². The molecular weight excluding hydrogens is 773 g/mol. The number of benzene rings is 10. The van der Waals surface area contributed by atoms with Crippen LogP contribution in [0.5, 0.6) is 0 Å². The lowest BCUT2D eigenvalue weighted by molar-refractivity contribution is 1.28. The highest BCUT2D eigenvalue weighted by atomic mass is 15.1. The van der Waals surface area contributed by atoms with Gasteiger partial charge < -0.3 is 9.80 Å². The van der Waals surface area contributed by atoms with E-state index in [9.17, 15) is 0 Å². The van der Waals surface area contributed by atoms with E-state index < -0.39 is 0 Å². The first-order valence-electron chi connectivity index (χ1n) is 21.9. The van der Waals surface area contributed by atoms with Crippen molar-refractivity contribution >= 4 is 45.3 Å². The SMILES string of the molecule is c1ccc(/C(=C(\c2ccccc2)c2ccccc2-c2ccc(N(c3ccccc3)c3ccccc3)cc2)c2ccccc2-c2ccc(N(c3ccccc3)c3ccccc3)cc2)cc1. The molecule has 0 heterocycles. The quantitative estimate of drug-likeness (QED) is 0.113. The second-order valence-electron chi connectivity index (χ2n) is 15.7. The monoisotopic (exact) mass is 818 g/mol. The summed E-state index contributed by atoms with van der Waals surface area (Å²) in [5.74, 6) is 0. The van der Waals surface area contributed by atoms with Gasteiger partial charge in [-0.3, -0.25) is 0 Å². The molecule has 0 saturated heterocycles. The van der Waals surface area contributed by atoms with Gasteiger partial charge in [-0.15, -0.1) is 0 Å². The van der Waals surface area contributed by atoms with Gasteiger partial charge in [0.2, 0.25) is 0 Å². The normalized spacial score (nSPS) is 11.4. The molecule has 0 fully saturated rings. The van der Waals surface area contributed by atoms with E-state index in [0.29, 0.717) is 0 Å². The van der Waals surface area contributed by atoms with Crippen LogP contribution in [-0.2, 0) is 0 Å². The molecule has 64 heavy (non-hydrogen) atoms. The number of rotatable bonds is 12. The minimum atomic E-state index is 1.10. The van der Waals surface area contributed by atoms with Crippen LogP contribution in [0.3, 0.4) is 0 Å². The Bertz CT molecular complexity index is 2800. The average molecular weight is 819 g/mol. The fraction of sp³-hybridized carbons (Fsp3) is 0. The molecule has 0 N–H and O–H groups in total. The van der Waals surface area contributed by atoms with Crippen LogP contribution in [0, 0.1) is 0 Å². The molecule has 2 heteroatoms. The predicted molar refractivity (Wildman–Crippen MR) is 271 cm³/mol. The van der Waals surface area contributed by atoms with E-state index in [4.69, 9.17) is 0 Å². The Kier molecular flexibility index (Phi) is 11.6. The predicted octanol–water partition coefficient (Wildman–Crippen LogP) is 17.0. The van der Waals surface area contributed by atoms with Crippen LogP contribution in [0.4, 0.5) is 34.1 Å². The topological polar surface area (TPSA) is 6.48 Å². The highest BCUT2D eigenvalue weighted by molar-refractivity contribution is 6.09. The summed E-state index contributed by atoms with van der Waals surface area (Å²) < 4.78 is 0. The molecule has 0 saturated carbocycles. The van der Waals surface area contributed by atoms with Crippen LogP contribution >= 0.6 is 0 Å². The second kappa shape index (κ2) is 18.7. The first-order chi connectivity index (χ1) is 31.8. The van der Waals surface area contributed by atoms with Crippen LogP contribution in [0.2, 0.25) is 0 Å². The first kappa shape index (κ1) is 39.7. The van der Waals surface area contributed by atoms with Crippen molar-refractivity contribution in [2.24, 2.45) is 0 Å². The minimum Gasteiger partial charge on any atom is -0.311 e. The lowest BCUT2D eigenvalue weighted by Gasteiger charge is -2.26. The summed E-state index contributed by atoms with van der Waals surface area (Å²) in [5, 5.41) is 0. The molecule has 0 bridgehead atoms. The zero-order valence-corrected chi connectivity index (χ0v) is 35.5. The van der Waals surface area contributed by atoms with Crippen molar-refractivity contribution < 1.29 is 0 Å². The Balaban J connectivity index is 1.13. The van der Waals surface area contributed by atoms with Crippen molar-refractivity contribution in [1.29, 1.82) is 0 Å². The van der Waals surface area contributed by atoms with E-state index in [-0.39, 0.29) is 0 Å². The zero-order chi connectivity index (χ0) is 42.9. The molecule has 0 radical (unpaired) electrons. The summed E-state index contributed by atoms with van der Waals surface area (Å²) in [4.78, 5) is 4.62. The van der Waals surface area contributed by atoms with Gasteiger partial charge in [0.05, 0.1) is 0 Å². The molecule has 0 aliphatic carbocycles. The maximum Gasteiger partial charge on any atom is 0.0462 e. The van der Waals surface area contributed by atoms with Crippen LogP contribution in [0.15, 0.2) is 279 Å². The van der Waals surface area contributed by atoms with E-state index in [2.05, 4.69) is 289 Å². The minimum absolute atomic E-state index is 1.10. The standard InChI is InChI=1S/C62H46N2/c1-7-23-49(24-8-1)61(59-37-21-19-35-57(59)47-39-43-55(44-40-47)63(51-27-11-3-12-28-51)52-29-13-4-14-30-52)62(50-25-9-2-10-26-50)60-38-22-20-36-58(60)48-41-45-56(46-42-48)64(53-31-15-5-16-32-53)54-33-17-6-18-34-54/h1-46H/b62-61-. The highest BCUT2D eigenvalue weighted by Gasteiger charge is 2.22. The number of nitrogens with zero attached hydrogens (tertiary/aromatic N) is 2. The maximum atomic E-state index is 2.31. The Morgan fingerprint density at radius 2 is 0.438 bits per heavy atom. The molecule has 0 amide bonds. The third-order valence-corrected chi connectivity index (χ3v) is 11.7. The molecule has 304 valence electrons. The molecule has 10 rings (SSSR count). The third-order valence-electron chi connectivity index (χ3n) is 11.7. The summed E-state index contributed by atoms with van der Waals surface area (Å²) in [7, 11) is 0. The van der Waals surface area contributed by atoms with Crippen molar-refractivity contribution in [1.82, 2.24) is 0 Å². The van der Waals surface area contributed by atoms with Gasteiger partial charge in [0, 0.05) is 34.1 Å². The van der Waals surface area contributed by atoms with Crippen LogP contribution in [0.25, 0.3) is 33.4 Å². The number of hydrogen-bond donors (Lipinski definition) is 0. The fourth-order valence-corrected chi connectivity index (χ4v) is 8.77. The van der Waals surface area contributed by atoms with Gasteiger partial charge in [-0.25, -0.2) is 0 Å². The van der Waals surface area contributed by atoms with E-state index in [0.717, 1.165) is 78.6 Å². The molecule has 10 aromatic rings. The van der Waals surface area contributed by atoms with Crippen molar-refractivity contribution in [3.63, 3.8) is 0 Å². The van der Waals surface area contributed by atoms with Crippen molar-refractivity contribution in [2.75, 3.05) is 9.80 Å². The Morgan fingerprint density at radius 1 is 0.203 bits per heavy atom. The summed E-state index contributed by atoms with van der Waals surface area (Å²) in [6, 6.07) is 99.8. The van der Waals surface area contributed by atoms with Crippen LogP contribution < -0.4 is 9.80 Å². The van der Waals surface area contributed by atoms with Crippen molar-refractivity contribution in [3.8, 4) is 22.3 Å². The Morgan fingerprint density at radius 3 is 0.734 bits per heavy atom. The van der Waals surface area contributed by atoms with Gasteiger partial charge in [-0.1, -0.05) is 206 Å². The van der Waals surface area contributed by atoms with Gasteiger partial charge in [0.25, 0.3) is 0 Å². The van der Waals surface area contributed by atoms with Crippen molar-refractivity contribution in [3.05, 3.63) is 301 Å². The van der Waals surface area contributed by atoms with Gasteiger partial charge >= 0.3 is 0 Å². The van der Waals surface area contributed by atoms with Crippen LogP contribution in [-0.4, -0.2) is 0 Å². The van der Waals surface area contributed by atoms with Crippen LogP contribution in [0.1, 0.15) is 22.3 Å². The molecule has 0 aromatic heterocycles. The van der Waals surface area contributed by atoms with E-state index in [1.807, 2.05) is 0 Å². The average Bonchev–Trinajstić information content (AvgIpc) is 3.38. The molecule has 10 aromatic carbocycles. The van der Waals surface area contributed by atoms with Gasteiger partial charge in [0.1, 0.15) is 0 Å². The second-order valence-corrected chi connectivity index (χ2v) is 15.7. The third kappa shape index (κ3) is 8.29. The van der Waals surface area contributed by atoms with Crippen molar-refractivity contribution in [2.45, 2.75) is 0 Å². The molecule has 0 atom stereocenters. The summed E-state index contributed by atoms with van der Waals surface area (Å²) in [6.07, 6.45) is 0. The highest BCUT2D eigenvalue weighted by Crippen LogP contribution is 2.45. The molecule has 0 aliphatic heterocycles. The Hall–Kier alpha value is -8.46. The molecule has 0 aliphatic rings. The lowest BCUT2D eigenvalue weighted by Crippen LogP contribution is -2.09. The number of para-hydroxylation sites is 4. The maximum absolute atomic E-state index is 2.31. The number of anilines is 6. The lowest BCUT2D eigenvalue weighted by atomic mass is 9.81. The van der Waals surface area contributed by atoms with E-state index in [1.165, 1.54) is 11.1 Å². The molecule has 0 spiro atoms. The number of hydrogen-bond acceptors (Lipinski definition) is 2. The zero-order valence-electron chi connectivity index (χ0n) is 35.5. The smallest absolute Gasteiger partial charge is 0.0462 e. The fourth-order valence-electron chi connectivity index (χ4n) is 8.77. The molecule has 2 nitrogen and oxygen atoms in total. The molecule has 0 unspecified atom stereocenters. The first-order valence-corrected chi connectivity index (χ1v) is 21.9. The Labute approximate surface area is 377 Å². The van der Waals surface area contributed by atoms with Gasteiger partial charge in [-0.05, 0) is 128 Å². The molecular formula is C62H46N2. The summed E-state index contributed by atoms with van der Waals surface area (Å²) in [5.41, 5.74) is 18.2. The summed E-state index contributed by atoms with van der Waals surface area (Å²) >= 11 is 0. The largest absolute Gasteiger partial charge is 0.311 e. The van der Waals surface area contributed by atoms with E-state index >= 15 is 0 Å².